The van der Waals surface area contributed by atoms with Crippen LogP contribution in [0.25, 0.3) is 22.3 Å². The molecule has 0 bridgehead atoms. The maximum Gasteiger partial charge on any atom is 0.193 e. The van der Waals surface area contributed by atoms with Crippen LogP contribution >= 0.6 is 0 Å². The van der Waals surface area contributed by atoms with Crippen molar-refractivity contribution in [1.29, 1.82) is 0 Å². The standard InChI is InChI=1S/C41H50O5/c1-3-5-7-9-11-13-27-45-35-23-25-37(39(42)29-35)31-15-19-33(20-16-31)41(44)34-21-17-32(18-22-34)38-26-24-36(30-40(38)43)46-28-14-12-10-8-6-4-2/h15-26,29-30,42-43H,3-14,27-28H2,1-2H3. The smallest absolute Gasteiger partial charge is 0.193 e. The number of benzene rings is 4. The Morgan fingerprint density at radius 1 is 0.500 bits per heavy atom. The quantitative estimate of drug-likeness (QED) is 0.0757. The molecule has 244 valence electrons. The first-order valence-corrected chi connectivity index (χ1v) is 17.2. The topological polar surface area (TPSA) is 76.0 Å². The first-order chi connectivity index (χ1) is 22.5. The third kappa shape index (κ3) is 10.4. The summed E-state index contributed by atoms with van der Waals surface area (Å²) in [5.41, 5.74) is 4.14. The summed E-state index contributed by atoms with van der Waals surface area (Å²) in [5.74, 6) is 1.52. The van der Waals surface area contributed by atoms with Crippen molar-refractivity contribution in [3.8, 4) is 45.3 Å². The highest BCUT2D eigenvalue weighted by molar-refractivity contribution is 6.09. The number of unbranched alkanes of at least 4 members (excludes halogenated alkanes) is 10. The molecule has 0 aromatic heterocycles. The number of hydrogen-bond acceptors (Lipinski definition) is 5. The fraction of sp³-hybridized carbons (Fsp3) is 0.390. The van der Waals surface area contributed by atoms with Gasteiger partial charge in [0.1, 0.15) is 23.0 Å². The van der Waals surface area contributed by atoms with Crippen LogP contribution in [-0.4, -0.2) is 29.2 Å². The predicted molar refractivity (Wildman–Crippen MR) is 188 cm³/mol. The van der Waals surface area contributed by atoms with E-state index in [9.17, 15) is 15.0 Å². The summed E-state index contributed by atoms with van der Waals surface area (Å²) >= 11 is 0. The number of ketones is 1. The van der Waals surface area contributed by atoms with Gasteiger partial charge in [0.25, 0.3) is 0 Å². The van der Waals surface area contributed by atoms with Crippen LogP contribution in [0.1, 0.15) is 107 Å². The van der Waals surface area contributed by atoms with Gasteiger partial charge in [0.2, 0.25) is 0 Å². The molecular formula is C41H50O5. The Balaban J connectivity index is 1.29. The van der Waals surface area contributed by atoms with Crippen molar-refractivity contribution in [1.82, 2.24) is 0 Å². The first kappa shape index (κ1) is 34.6. The highest BCUT2D eigenvalue weighted by Gasteiger charge is 2.13. The van der Waals surface area contributed by atoms with Crippen molar-refractivity contribution in [2.45, 2.75) is 90.9 Å². The van der Waals surface area contributed by atoms with E-state index in [1.54, 1.807) is 36.4 Å². The Morgan fingerprint density at radius 2 is 0.870 bits per heavy atom. The van der Waals surface area contributed by atoms with E-state index >= 15 is 0 Å². The van der Waals surface area contributed by atoms with E-state index in [-0.39, 0.29) is 17.3 Å². The first-order valence-electron chi connectivity index (χ1n) is 17.2. The average Bonchev–Trinajstić information content (AvgIpc) is 3.07. The molecule has 0 radical (unpaired) electrons. The molecule has 0 saturated heterocycles. The van der Waals surface area contributed by atoms with Crippen LogP contribution in [0.15, 0.2) is 84.9 Å². The van der Waals surface area contributed by atoms with E-state index < -0.39 is 0 Å². The fourth-order valence-corrected chi connectivity index (χ4v) is 5.60. The van der Waals surface area contributed by atoms with Gasteiger partial charge in [-0.1, -0.05) is 127 Å². The maximum absolute atomic E-state index is 13.2. The maximum atomic E-state index is 13.2. The minimum absolute atomic E-state index is 0.0940. The molecule has 0 aliphatic carbocycles. The van der Waals surface area contributed by atoms with Crippen molar-refractivity contribution < 1.29 is 24.5 Å². The van der Waals surface area contributed by atoms with Crippen molar-refractivity contribution in [3.05, 3.63) is 96.1 Å². The molecule has 0 aliphatic rings. The SMILES string of the molecule is CCCCCCCCOc1ccc(-c2ccc(C(=O)c3ccc(-c4ccc(OCCCCCCCC)cc4O)cc3)cc2)c(O)c1. The molecule has 0 aliphatic heterocycles. The second-order valence-corrected chi connectivity index (χ2v) is 12.1. The molecule has 4 rings (SSSR count). The van der Waals surface area contributed by atoms with Gasteiger partial charge in [-0.05, 0) is 48.2 Å². The Hall–Kier alpha value is -4.25. The molecule has 0 spiro atoms. The largest absolute Gasteiger partial charge is 0.507 e. The molecule has 4 aromatic carbocycles. The number of carbonyl (C=O) groups excluding carboxylic acids is 1. The number of aromatic hydroxyl groups is 2. The molecule has 46 heavy (non-hydrogen) atoms. The lowest BCUT2D eigenvalue weighted by atomic mass is 9.97. The minimum Gasteiger partial charge on any atom is -0.507 e. The summed E-state index contributed by atoms with van der Waals surface area (Å²) in [6.07, 6.45) is 14.4. The molecule has 0 heterocycles. The molecule has 4 aromatic rings. The third-order valence-corrected chi connectivity index (χ3v) is 8.39. The van der Waals surface area contributed by atoms with Gasteiger partial charge in [-0.3, -0.25) is 4.79 Å². The van der Waals surface area contributed by atoms with Crippen LogP contribution in [-0.2, 0) is 0 Å². The van der Waals surface area contributed by atoms with Crippen LogP contribution in [0, 0.1) is 0 Å². The van der Waals surface area contributed by atoms with Gasteiger partial charge in [-0.25, -0.2) is 0 Å². The lowest BCUT2D eigenvalue weighted by Gasteiger charge is -2.11. The number of hydrogen-bond donors (Lipinski definition) is 2. The van der Waals surface area contributed by atoms with E-state index in [2.05, 4.69) is 13.8 Å². The van der Waals surface area contributed by atoms with Crippen molar-refractivity contribution >= 4 is 5.78 Å². The van der Waals surface area contributed by atoms with Crippen LogP contribution in [0.2, 0.25) is 0 Å². The number of rotatable bonds is 20. The number of ether oxygens (including phenoxy) is 2. The van der Waals surface area contributed by atoms with Gasteiger partial charge in [-0.2, -0.15) is 0 Å². The van der Waals surface area contributed by atoms with Crippen molar-refractivity contribution in [2.75, 3.05) is 13.2 Å². The molecule has 5 nitrogen and oxygen atoms in total. The van der Waals surface area contributed by atoms with Gasteiger partial charge >= 0.3 is 0 Å². The summed E-state index contributed by atoms with van der Waals surface area (Å²) in [4.78, 5) is 13.2. The molecule has 2 N–H and O–H groups in total. The Morgan fingerprint density at radius 3 is 1.24 bits per heavy atom. The zero-order valence-electron chi connectivity index (χ0n) is 27.6. The highest BCUT2D eigenvalue weighted by Crippen LogP contribution is 2.34. The van der Waals surface area contributed by atoms with E-state index in [0.717, 1.165) is 36.8 Å². The van der Waals surface area contributed by atoms with Gasteiger partial charge in [0.05, 0.1) is 13.2 Å². The summed E-state index contributed by atoms with van der Waals surface area (Å²) in [6, 6.07) is 25.3. The molecule has 5 heteroatoms. The van der Waals surface area contributed by atoms with Crippen LogP contribution in [0.4, 0.5) is 0 Å². The molecular weight excluding hydrogens is 572 g/mol. The average molecular weight is 623 g/mol. The van der Waals surface area contributed by atoms with Crippen molar-refractivity contribution in [2.24, 2.45) is 0 Å². The Kier molecular flexibility index (Phi) is 14.0. The van der Waals surface area contributed by atoms with E-state index in [0.29, 0.717) is 47.0 Å². The lowest BCUT2D eigenvalue weighted by Crippen LogP contribution is -2.01. The summed E-state index contributed by atoms with van der Waals surface area (Å²) in [7, 11) is 0. The molecule has 0 fully saturated rings. The number of carbonyl (C=O) groups is 1. The zero-order chi connectivity index (χ0) is 32.6. The van der Waals surface area contributed by atoms with Gasteiger partial charge in [0, 0.05) is 34.4 Å². The third-order valence-electron chi connectivity index (χ3n) is 8.39. The van der Waals surface area contributed by atoms with E-state index in [4.69, 9.17) is 9.47 Å². The zero-order valence-corrected chi connectivity index (χ0v) is 27.6. The Labute approximate surface area is 275 Å². The van der Waals surface area contributed by atoms with Gasteiger partial charge in [0.15, 0.2) is 5.78 Å². The predicted octanol–water partition coefficient (Wildman–Crippen LogP) is 11.1. The summed E-state index contributed by atoms with van der Waals surface area (Å²) < 4.78 is 11.7. The fourth-order valence-electron chi connectivity index (χ4n) is 5.60. The minimum atomic E-state index is -0.0940. The second-order valence-electron chi connectivity index (χ2n) is 12.1. The molecule has 0 saturated carbocycles. The van der Waals surface area contributed by atoms with Gasteiger partial charge in [-0.15, -0.1) is 0 Å². The van der Waals surface area contributed by atoms with Crippen LogP contribution < -0.4 is 9.47 Å². The molecule has 0 atom stereocenters. The molecule has 0 unspecified atom stereocenters. The Bertz CT molecular complexity index is 1380. The number of phenolic OH excluding ortho intramolecular Hbond substituents is 2. The van der Waals surface area contributed by atoms with E-state index in [1.165, 1.54) is 51.4 Å². The molecule has 0 amide bonds. The highest BCUT2D eigenvalue weighted by atomic mass is 16.5. The van der Waals surface area contributed by atoms with Crippen molar-refractivity contribution in [3.63, 3.8) is 0 Å². The normalized spacial score (nSPS) is 11.0. The van der Waals surface area contributed by atoms with Crippen LogP contribution in [0.5, 0.6) is 23.0 Å². The summed E-state index contributed by atoms with van der Waals surface area (Å²) in [6.45, 7) is 5.72. The lowest BCUT2D eigenvalue weighted by molar-refractivity contribution is 0.103. The van der Waals surface area contributed by atoms with Gasteiger partial charge < -0.3 is 19.7 Å². The second kappa shape index (κ2) is 18.7. The van der Waals surface area contributed by atoms with E-state index in [1.807, 2.05) is 48.5 Å². The monoisotopic (exact) mass is 622 g/mol. The number of phenols is 2. The summed E-state index contributed by atoms with van der Waals surface area (Å²) in [5, 5.41) is 21.3. The van der Waals surface area contributed by atoms with Crippen LogP contribution in [0.3, 0.4) is 0 Å².